The highest BCUT2D eigenvalue weighted by molar-refractivity contribution is 5.49. The highest BCUT2D eigenvalue weighted by Crippen LogP contribution is 2.31. The molecule has 2 aromatic rings. The van der Waals surface area contributed by atoms with E-state index in [1.807, 2.05) is 6.07 Å². The summed E-state index contributed by atoms with van der Waals surface area (Å²) in [6, 6.07) is 5.51. The van der Waals surface area contributed by atoms with Crippen LogP contribution in [0.25, 0.3) is 5.69 Å². The summed E-state index contributed by atoms with van der Waals surface area (Å²) in [6.07, 6.45) is 8.08. The number of aromatic nitrogens is 3. The molecule has 1 saturated carbocycles. The second-order valence-electron chi connectivity index (χ2n) is 5.58. The fraction of sp³-hybridized carbons (Fsp3) is 0.467. The predicted molar refractivity (Wildman–Crippen MR) is 76.4 cm³/mol. The first kappa shape index (κ1) is 13.1. The van der Waals surface area contributed by atoms with Crippen LogP contribution in [-0.2, 0) is 0 Å². The van der Waals surface area contributed by atoms with Gasteiger partial charge in [0.05, 0.1) is 0 Å². The first-order valence-corrected chi connectivity index (χ1v) is 7.13. The van der Waals surface area contributed by atoms with Crippen molar-refractivity contribution in [2.75, 3.05) is 5.32 Å². The molecule has 1 unspecified atom stereocenters. The summed E-state index contributed by atoms with van der Waals surface area (Å²) in [7, 11) is 0. The van der Waals surface area contributed by atoms with Crippen molar-refractivity contribution in [3.8, 4) is 5.69 Å². The Bertz CT molecular complexity index is 563. The van der Waals surface area contributed by atoms with E-state index in [0.717, 1.165) is 18.0 Å². The second kappa shape index (κ2) is 5.61. The van der Waals surface area contributed by atoms with Gasteiger partial charge in [-0.05, 0) is 37.5 Å². The van der Waals surface area contributed by atoms with Crippen LogP contribution in [0.5, 0.6) is 0 Å². The maximum absolute atomic E-state index is 14.1. The van der Waals surface area contributed by atoms with E-state index >= 15 is 0 Å². The molecule has 0 bridgehead atoms. The van der Waals surface area contributed by atoms with Crippen LogP contribution < -0.4 is 5.32 Å². The molecule has 0 amide bonds. The third-order valence-electron chi connectivity index (χ3n) is 3.94. The lowest BCUT2D eigenvalue weighted by Crippen LogP contribution is -2.23. The van der Waals surface area contributed by atoms with E-state index in [2.05, 4.69) is 22.3 Å². The summed E-state index contributed by atoms with van der Waals surface area (Å²) >= 11 is 0. The van der Waals surface area contributed by atoms with Crippen molar-refractivity contribution < 1.29 is 4.39 Å². The number of nitrogens with zero attached hydrogens (tertiary/aromatic N) is 3. The Balaban J connectivity index is 1.67. The van der Waals surface area contributed by atoms with Crippen molar-refractivity contribution >= 4 is 5.69 Å². The molecule has 106 valence electrons. The third-order valence-corrected chi connectivity index (χ3v) is 3.94. The Hall–Kier alpha value is -1.91. The lowest BCUT2D eigenvalue weighted by molar-refractivity contribution is 0.286. The molecule has 0 saturated heterocycles. The highest BCUT2D eigenvalue weighted by Gasteiger charge is 2.20. The fourth-order valence-corrected chi connectivity index (χ4v) is 2.69. The van der Waals surface area contributed by atoms with E-state index < -0.39 is 0 Å². The lowest BCUT2D eigenvalue weighted by Gasteiger charge is -2.29. The van der Waals surface area contributed by atoms with Gasteiger partial charge in [-0.3, -0.25) is 0 Å². The number of anilines is 1. The number of halogens is 1. The number of hydrogen-bond acceptors (Lipinski definition) is 3. The molecule has 1 aromatic heterocycles. The maximum Gasteiger partial charge on any atom is 0.150 e. The van der Waals surface area contributed by atoms with Crippen molar-refractivity contribution in [1.29, 1.82) is 0 Å². The lowest BCUT2D eigenvalue weighted by atomic mass is 9.81. The van der Waals surface area contributed by atoms with Gasteiger partial charge >= 0.3 is 0 Å². The third kappa shape index (κ3) is 2.81. The number of rotatable bonds is 5. The molecule has 1 aromatic carbocycles. The molecule has 1 atom stereocenters. The molecular weight excluding hydrogens is 255 g/mol. The van der Waals surface area contributed by atoms with Crippen LogP contribution in [0.1, 0.15) is 32.6 Å². The van der Waals surface area contributed by atoms with Crippen LogP contribution in [0.15, 0.2) is 30.9 Å². The van der Waals surface area contributed by atoms with Crippen molar-refractivity contribution in [1.82, 2.24) is 14.8 Å². The van der Waals surface area contributed by atoms with Crippen LogP contribution in [0, 0.1) is 11.7 Å². The highest BCUT2D eigenvalue weighted by atomic mass is 19.1. The first-order valence-electron chi connectivity index (χ1n) is 7.13. The molecule has 0 aliphatic heterocycles. The van der Waals surface area contributed by atoms with E-state index in [-0.39, 0.29) is 5.82 Å². The zero-order valence-corrected chi connectivity index (χ0v) is 11.6. The van der Waals surface area contributed by atoms with Gasteiger partial charge in [0.1, 0.15) is 18.3 Å². The number of hydrogen-bond donors (Lipinski definition) is 1. The monoisotopic (exact) mass is 274 g/mol. The predicted octanol–water partition coefficient (Wildman–Crippen LogP) is 3.40. The quantitative estimate of drug-likeness (QED) is 0.908. The molecule has 20 heavy (non-hydrogen) atoms. The van der Waals surface area contributed by atoms with Gasteiger partial charge in [-0.1, -0.05) is 19.3 Å². The molecular formula is C15H19FN4. The molecule has 1 heterocycles. The Morgan fingerprint density at radius 3 is 2.90 bits per heavy atom. The van der Waals surface area contributed by atoms with Crippen LogP contribution in [-0.4, -0.2) is 20.8 Å². The van der Waals surface area contributed by atoms with Crippen LogP contribution in [0.3, 0.4) is 0 Å². The second-order valence-corrected chi connectivity index (χ2v) is 5.58. The Morgan fingerprint density at radius 2 is 2.30 bits per heavy atom. The first-order chi connectivity index (χ1) is 9.72. The van der Waals surface area contributed by atoms with Gasteiger partial charge in [-0.15, -0.1) is 0 Å². The van der Waals surface area contributed by atoms with Crippen molar-refractivity contribution in [2.45, 2.75) is 38.6 Å². The van der Waals surface area contributed by atoms with Gasteiger partial charge in [0, 0.05) is 11.7 Å². The van der Waals surface area contributed by atoms with Gasteiger partial charge in [-0.25, -0.2) is 14.1 Å². The number of benzene rings is 1. The van der Waals surface area contributed by atoms with Gasteiger partial charge in [-0.2, -0.15) is 5.10 Å². The summed E-state index contributed by atoms with van der Waals surface area (Å²) < 4.78 is 15.5. The van der Waals surface area contributed by atoms with Gasteiger partial charge in [0.25, 0.3) is 0 Å². The minimum atomic E-state index is -0.295. The molecule has 1 fully saturated rings. The van der Waals surface area contributed by atoms with Crippen LogP contribution >= 0.6 is 0 Å². The zero-order valence-electron chi connectivity index (χ0n) is 11.6. The summed E-state index contributed by atoms with van der Waals surface area (Å²) in [5.74, 6) is 0.549. The zero-order chi connectivity index (χ0) is 13.9. The van der Waals surface area contributed by atoms with E-state index in [0.29, 0.717) is 11.7 Å². The summed E-state index contributed by atoms with van der Waals surface area (Å²) in [5, 5.41) is 7.31. The average Bonchev–Trinajstić information content (AvgIpc) is 2.88. The molecule has 5 heteroatoms. The van der Waals surface area contributed by atoms with Crippen LogP contribution in [0.4, 0.5) is 10.1 Å². The average molecular weight is 274 g/mol. The van der Waals surface area contributed by atoms with Gasteiger partial charge in [0.2, 0.25) is 0 Å². The molecule has 4 nitrogen and oxygen atoms in total. The summed E-state index contributed by atoms with van der Waals surface area (Å²) in [4.78, 5) is 3.83. The van der Waals surface area contributed by atoms with E-state index in [9.17, 15) is 4.39 Å². The standard InChI is InChI=1S/C15H19FN4/c1-11(7-12-3-2-4-12)19-13-5-6-15(14(16)8-13)20-10-17-9-18-20/h5-6,8-12,19H,2-4,7H2,1H3. The van der Waals surface area contributed by atoms with Crippen molar-refractivity contribution in [2.24, 2.45) is 5.92 Å². The molecule has 3 rings (SSSR count). The van der Waals surface area contributed by atoms with Gasteiger partial charge in [0.15, 0.2) is 5.82 Å². The molecule has 0 radical (unpaired) electrons. The van der Waals surface area contributed by atoms with E-state index in [1.54, 1.807) is 6.07 Å². The minimum absolute atomic E-state index is 0.295. The normalized spacial score (nSPS) is 16.7. The maximum atomic E-state index is 14.1. The van der Waals surface area contributed by atoms with Crippen molar-refractivity contribution in [3.63, 3.8) is 0 Å². The molecule has 1 N–H and O–H groups in total. The minimum Gasteiger partial charge on any atom is -0.382 e. The SMILES string of the molecule is CC(CC1CCC1)Nc1ccc(-n2cncn2)c(F)c1. The fourth-order valence-electron chi connectivity index (χ4n) is 2.69. The molecule has 0 spiro atoms. The molecule has 1 aliphatic carbocycles. The van der Waals surface area contributed by atoms with E-state index in [4.69, 9.17) is 0 Å². The Morgan fingerprint density at radius 1 is 1.45 bits per heavy atom. The largest absolute Gasteiger partial charge is 0.382 e. The molecule has 1 aliphatic rings. The number of nitrogens with one attached hydrogen (secondary N) is 1. The van der Waals surface area contributed by atoms with Crippen LogP contribution in [0.2, 0.25) is 0 Å². The smallest absolute Gasteiger partial charge is 0.150 e. The van der Waals surface area contributed by atoms with Gasteiger partial charge < -0.3 is 5.32 Å². The summed E-state index contributed by atoms with van der Waals surface area (Å²) in [5.41, 5.74) is 1.23. The van der Waals surface area contributed by atoms with E-state index in [1.165, 1.54) is 42.7 Å². The summed E-state index contributed by atoms with van der Waals surface area (Å²) in [6.45, 7) is 2.15. The topological polar surface area (TPSA) is 42.7 Å². The Kier molecular flexibility index (Phi) is 3.67. The Labute approximate surface area is 118 Å². The van der Waals surface area contributed by atoms with Crippen molar-refractivity contribution in [3.05, 3.63) is 36.7 Å².